The van der Waals surface area contributed by atoms with Gasteiger partial charge in [-0.05, 0) is 18.6 Å². The molecule has 102 valence electrons. The predicted octanol–water partition coefficient (Wildman–Crippen LogP) is 0.828. The molecule has 1 aromatic heterocycles. The number of nitrogens with two attached hydrogens (primary N) is 1. The van der Waals surface area contributed by atoms with Crippen molar-refractivity contribution in [3.8, 4) is 0 Å². The van der Waals surface area contributed by atoms with E-state index in [2.05, 4.69) is 15.6 Å². The van der Waals surface area contributed by atoms with Crippen LogP contribution in [0.5, 0.6) is 0 Å². The lowest BCUT2D eigenvalue weighted by molar-refractivity contribution is -0.119. The van der Waals surface area contributed by atoms with Crippen LogP contribution in [0.4, 0.5) is 0 Å². The number of carbonyl (C=O) groups excluding carboxylic acids is 1. The number of amides is 1. The molecule has 0 saturated carbocycles. The molecule has 0 fully saturated rings. The molecule has 1 amide bonds. The highest BCUT2D eigenvalue weighted by molar-refractivity contribution is 14.0. The van der Waals surface area contributed by atoms with E-state index >= 15 is 0 Å². The van der Waals surface area contributed by atoms with E-state index in [0.717, 1.165) is 13.0 Å². The third-order valence-corrected chi connectivity index (χ3v) is 1.99. The van der Waals surface area contributed by atoms with Crippen molar-refractivity contribution in [3.05, 3.63) is 24.2 Å². The van der Waals surface area contributed by atoms with Crippen molar-refractivity contribution in [3.63, 3.8) is 0 Å². The monoisotopic (exact) mass is 366 g/mol. The first-order chi connectivity index (χ1) is 8.22. The van der Waals surface area contributed by atoms with E-state index in [1.807, 2.05) is 6.92 Å². The fraction of sp³-hybridized carbons (Fsp3) is 0.455. The quantitative estimate of drug-likeness (QED) is 0.395. The van der Waals surface area contributed by atoms with Crippen LogP contribution in [-0.4, -0.2) is 25.0 Å². The predicted molar refractivity (Wildman–Crippen MR) is 80.8 cm³/mol. The van der Waals surface area contributed by atoms with E-state index in [1.165, 1.54) is 0 Å². The van der Waals surface area contributed by atoms with Gasteiger partial charge in [-0.1, -0.05) is 6.92 Å². The third-order valence-electron chi connectivity index (χ3n) is 1.99. The number of furan rings is 1. The molecule has 0 aliphatic heterocycles. The summed E-state index contributed by atoms with van der Waals surface area (Å²) in [5.41, 5.74) is 5.54. The van der Waals surface area contributed by atoms with Crippen LogP contribution < -0.4 is 16.4 Å². The summed E-state index contributed by atoms with van der Waals surface area (Å²) in [6.07, 6.45) is 2.52. The molecule has 0 aromatic carbocycles. The Kier molecular flexibility index (Phi) is 9.07. The van der Waals surface area contributed by atoms with E-state index in [-0.39, 0.29) is 36.4 Å². The highest BCUT2D eigenvalue weighted by atomic mass is 127. The van der Waals surface area contributed by atoms with Crippen LogP contribution in [0, 0.1) is 0 Å². The van der Waals surface area contributed by atoms with Crippen molar-refractivity contribution in [2.24, 2.45) is 10.7 Å². The molecule has 0 radical (unpaired) electrons. The van der Waals surface area contributed by atoms with Gasteiger partial charge in [0.05, 0.1) is 12.8 Å². The smallest absolute Gasteiger partial charge is 0.242 e. The van der Waals surface area contributed by atoms with E-state index in [9.17, 15) is 4.79 Å². The maximum Gasteiger partial charge on any atom is 0.242 e. The molecule has 1 aromatic rings. The fourth-order valence-electron chi connectivity index (χ4n) is 1.12. The SMILES string of the molecule is CCCNC(N)=NCC(=O)NCc1ccco1.I. The van der Waals surface area contributed by atoms with Gasteiger partial charge in [0, 0.05) is 6.54 Å². The zero-order valence-electron chi connectivity index (χ0n) is 10.3. The maximum absolute atomic E-state index is 11.4. The number of nitrogens with zero attached hydrogens (tertiary/aromatic N) is 1. The Labute approximate surface area is 123 Å². The molecule has 18 heavy (non-hydrogen) atoms. The lowest BCUT2D eigenvalue weighted by Gasteiger charge is -2.03. The zero-order chi connectivity index (χ0) is 12.5. The average Bonchev–Trinajstić information content (AvgIpc) is 2.84. The third kappa shape index (κ3) is 7.15. The van der Waals surface area contributed by atoms with Gasteiger partial charge in [-0.15, -0.1) is 24.0 Å². The van der Waals surface area contributed by atoms with E-state index in [4.69, 9.17) is 10.2 Å². The second-order valence-electron chi connectivity index (χ2n) is 3.48. The highest BCUT2D eigenvalue weighted by Gasteiger charge is 2.01. The van der Waals surface area contributed by atoms with E-state index < -0.39 is 0 Å². The van der Waals surface area contributed by atoms with Gasteiger partial charge in [0.25, 0.3) is 0 Å². The van der Waals surface area contributed by atoms with Crippen molar-refractivity contribution in [1.29, 1.82) is 0 Å². The molecule has 0 unspecified atom stereocenters. The topological polar surface area (TPSA) is 92.6 Å². The lowest BCUT2D eigenvalue weighted by atomic mass is 10.4. The van der Waals surface area contributed by atoms with Gasteiger partial charge in [0.1, 0.15) is 12.3 Å². The number of hydrogen-bond acceptors (Lipinski definition) is 3. The minimum atomic E-state index is -0.192. The number of rotatable bonds is 6. The van der Waals surface area contributed by atoms with Crippen LogP contribution in [0.2, 0.25) is 0 Å². The molecule has 1 rings (SSSR count). The fourth-order valence-corrected chi connectivity index (χ4v) is 1.12. The first-order valence-electron chi connectivity index (χ1n) is 5.55. The van der Waals surface area contributed by atoms with Crippen LogP contribution in [0.25, 0.3) is 0 Å². The van der Waals surface area contributed by atoms with Crippen LogP contribution in [0.1, 0.15) is 19.1 Å². The minimum absolute atomic E-state index is 0. The lowest BCUT2D eigenvalue weighted by Crippen LogP contribution is -2.34. The average molecular weight is 366 g/mol. The molecule has 0 aliphatic carbocycles. The number of aliphatic imine (C=N–C) groups is 1. The van der Waals surface area contributed by atoms with Crippen molar-refractivity contribution in [1.82, 2.24) is 10.6 Å². The first-order valence-corrected chi connectivity index (χ1v) is 5.55. The van der Waals surface area contributed by atoms with Gasteiger partial charge in [-0.25, -0.2) is 4.99 Å². The van der Waals surface area contributed by atoms with Crippen LogP contribution >= 0.6 is 24.0 Å². The molecule has 0 atom stereocenters. The Morgan fingerprint density at radius 2 is 2.28 bits per heavy atom. The molecule has 7 heteroatoms. The molecule has 6 nitrogen and oxygen atoms in total. The Hall–Kier alpha value is -1.25. The van der Waals surface area contributed by atoms with Crippen molar-refractivity contribution in [2.75, 3.05) is 13.1 Å². The molecule has 0 saturated heterocycles. The van der Waals surface area contributed by atoms with E-state index in [0.29, 0.717) is 18.3 Å². The molecule has 1 heterocycles. The molecular formula is C11H19IN4O2. The Balaban J connectivity index is 0.00000289. The van der Waals surface area contributed by atoms with Crippen molar-refractivity contribution >= 4 is 35.8 Å². The van der Waals surface area contributed by atoms with Gasteiger partial charge >= 0.3 is 0 Å². The number of nitrogens with one attached hydrogen (secondary N) is 2. The van der Waals surface area contributed by atoms with Gasteiger partial charge in [0.15, 0.2) is 5.96 Å². The van der Waals surface area contributed by atoms with Crippen molar-refractivity contribution in [2.45, 2.75) is 19.9 Å². The second kappa shape index (κ2) is 9.75. The largest absolute Gasteiger partial charge is 0.467 e. The Morgan fingerprint density at radius 3 is 2.89 bits per heavy atom. The maximum atomic E-state index is 11.4. The summed E-state index contributed by atoms with van der Waals surface area (Å²) in [7, 11) is 0. The standard InChI is InChI=1S/C11H18N4O2.HI/c1-2-5-13-11(12)15-8-10(16)14-7-9-4-3-6-17-9;/h3-4,6H,2,5,7-8H2,1H3,(H,14,16)(H3,12,13,15);1H. The normalized spacial score (nSPS) is 10.6. The number of guanidine groups is 1. The van der Waals surface area contributed by atoms with Gasteiger partial charge in [-0.3, -0.25) is 4.79 Å². The minimum Gasteiger partial charge on any atom is -0.467 e. The van der Waals surface area contributed by atoms with Crippen LogP contribution in [-0.2, 0) is 11.3 Å². The number of halogens is 1. The van der Waals surface area contributed by atoms with Crippen LogP contribution in [0.15, 0.2) is 27.8 Å². The van der Waals surface area contributed by atoms with Gasteiger partial charge in [0.2, 0.25) is 5.91 Å². The number of hydrogen-bond donors (Lipinski definition) is 3. The molecule has 0 bridgehead atoms. The van der Waals surface area contributed by atoms with Crippen molar-refractivity contribution < 1.29 is 9.21 Å². The summed E-state index contributed by atoms with van der Waals surface area (Å²) in [6, 6.07) is 3.56. The molecule has 4 N–H and O–H groups in total. The number of carbonyl (C=O) groups is 1. The molecule has 0 aliphatic rings. The van der Waals surface area contributed by atoms with Gasteiger partial charge in [-0.2, -0.15) is 0 Å². The van der Waals surface area contributed by atoms with Gasteiger partial charge < -0.3 is 20.8 Å². The van der Waals surface area contributed by atoms with E-state index in [1.54, 1.807) is 18.4 Å². The Morgan fingerprint density at radius 1 is 1.50 bits per heavy atom. The summed E-state index contributed by atoms with van der Waals surface area (Å²) in [6.45, 7) is 3.16. The molecule has 0 spiro atoms. The summed E-state index contributed by atoms with van der Waals surface area (Å²) in [5, 5.41) is 5.56. The first kappa shape index (κ1) is 16.8. The summed E-state index contributed by atoms with van der Waals surface area (Å²) in [5.74, 6) is 0.807. The Bertz CT molecular complexity index is 365. The molecular weight excluding hydrogens is 347 g/mol. The summed E-state index contributed by atoms with van der Waals surface area (Å²) < 4.78 is 5.08. The highest BCUT2D eigenvalue weighted by Crippen LogP contribution is 1.97. The van der Waals surface area contributed by atoms with Crippen LogP contribution in [0.3, 0.4) is 0 Å². The summed E-state index contributed by atoms with van der Waals surface area (Å²) >= 11 is 0. The summed E-state index contributed by atoms with van der Waals surface area (Å²) in [4.78, 5) is 15.3. The second-order valence-corrected chi connectivity index (χ2v) is 3.48. The zero-order valence-corrected chi connectivity index (χ0v) is 12.6.